The number of phosphoric acid groups is 1. The Kier molecular flexibility index (Phi) is 11.2. The second-order valence-electron chi connectivity index (χ2n) is 12.0. The van der Waals surface area contributed by atoms with Gasteiger partial charge in [-0.05, 0) is 81.0 Å². The summed E-state index contributed by atoms with van der Waals surface area (Å²) in [6.07, 6.45) is 21.0. The van der Waals surface area contributed by atoms with E-state index in [1.54, 1.807) is 0 Å². The lowest BCUT2D eigenvalue weighted by atomic mass is 9.54. The minimum atomic E-state index is -3.98. The Hall–Kier alpha value is -0.630. The fraction of sp³-hybridized carbons (Fsp3) is 0.857. The monoisotopic (exact) mass is 494 g/mol. The second-order valence-corrected chi connectivity index (χ2v) is 13.5. The van der Waals surface area contributed by atoms with E-state index in [-0.39, 0.29) is 13.2 Å². The van der Waals surface area contributed by atoms with Gasteiger partial charge >= 0.3 is 7.82 Å². The molecule has 0 aromatic heterocycles. The summed E-state index contributed by atoms with van der Waals surface area (Å²) in [7, 11) is 2.14. The summed E-state index contributed by atoms with van der Waals surface area (Å²) in [6.45, 7) is 0.852. The molecule has 4 fully saturated rings. The number of quaternary nitrogens is 1. The second kappa shape index (κ2) is 13.6. The predicted molar refractivity (Wildman–Crippen MR) is 139 cm³/mol. The van der Waals surface area contributed by atoms with Crippen molar-refractivity contribution in [2.24, 2.45) is 23.7 Å². The molecule has 1 unspecified atom stereocenters. The fourth-order valence-corrected chi connectivity index (χ4v) is 6.97. The molecule has 0 amide bonds. The van der Waals surface area contributed by atoms with Crippen LogP contribution >= 0.6 is 7.82 Å². The molecule has 0 spiro atoms. The van der Waals surface area contributed by atoms with Gasteiger partial charge in [0.05, 0.1) is 27.7 Å². The van der Waals surface area contributed by atoms with Crippen molar-refractivity contribution >= 4 is 7.82 Å². The van der Waals surface area contributed by atoms with E-state index in [1.807, 2.05) is 26.7 Å². The van der Waals surface area contributed by atoms with Gasteiger partial charge in [0.25, 0.3) is 0 Å². The van der Waals surface area contributed by atoms with Gasteiger partial charge < -0.3 is 9.38 Å². The van der Waals surface area contributed by atoms with Gasteiger partial charge in [0.15, 0.2) is 0 Å². The van der Waals surface area contributed by atoms with Crippen LogP contribution in [0.1, 0.15) is 89.9 Å². The molecule has 0 saturated heterocycles. The maximum absolute atomic E-state index is 11.8. The van der Waals surface area contributed by atoms with E-state index < -0.39 is 7.82 Å². The molecule has 4 bridgehead atoms. The number of hydrogen-bond donors (Lipinski definition) is 1. The summed E-state index contributed by atoms with van der Waals surface area (Å²) in [5.41, 5.74) is 1.86. The van der Waals surface area contributed by atoms with Crippen LogP contribution in [0.3, 0.4) is 0 Å². The first kappa shape index (κ1) is 27.9. The molecule has 194 valence electrons. The largest absolute Gasteiger partial charge is 0.473 e. The van der Waals surface area contributed by atoms with Gasteiger partial charge in [-0.25, -0.2) is 4.57 Å². The van der Waals surface area contributed by atoms with Gasteiger partial charge in [-0.1, -0.05) is 56.1 Å². The molecule has 4 rings (SSSR count). The summed E-state index contributed by atoms with van der Waals surface area (Å²) in [6, 6.07) is 0. The Bertz CT molecular complexity index is 731. The molecular formula is C28H49NO4P+. The van der Waals surface area contributed by atoms with Gasteiger partial charge in [0.2, 0.25) is 0 Å². The van der Waals surface area contributed by atoms with E-state index >= 15 is 0 Å². The molecule has 6 heteroatoms. The summed E-state index contributed by atoms with van der Waals surface area (Å²) in [5.74, 6) is 9.75. The van der Waals surface area contributed by atoms with Crippen molar-refractivity contribution in [2.75, 3.05) is 40.9 Å². The van der Waals surface area contributed by atoms with Crippen LogP contribution in [0.25, 0.3) is 0 Å². The third-order valence-corrected chi connectivity index (χ3v) is 8.76. The van der Waals surface area contributed by atoms with Crippen LogP contribution in [-0.2, 0) is 13.6 Å². The smallest absolute Gasteiger partial charge is 0.321 e. The topological polar surface area (TPSA) is 55.8 Å². The van der Waals surface area contributed by atoms with Crippen LogP contribution in [-0.4, -0.2) is 50.3 Å². The lowest BCUT2D eigenvalue weighted by Gasteiger charge is -2.51. The van der Waals surface area contributed by atoms with Crippen molar-refractivity contribution in [1.29, 1.82) is 0 Å². The molecule has 0 aromatic rings. The predicted octanol–water partition coefficient (Wildman–Crippen LogP) is 6.72. The van der Waals surface area contributed by atoms with Crippen LogP contribution in [0.2, 0.25) is 0 Å². The maximum Gasteiger partial charge on any atom is 0.473 e. The molecule has 4 aliphatic rings. The summed E-state index contributed by atoms with van der Waals surface area (Å²) < 4.78 is 22.5. The minimum absolute atomic E-state index is 0.0764. The highest BCUT2D eigenvalue weighted by Gasteiger charge is 2.44. The SMILES string of the molecule is C[N+](C)(C)CC#CCOP(=O)(O)OCCCCCCCCCCC=C1C2CC3CC(C2)CC1C3. The van der Waals surface area contributed by atoms with Crippen LogP contribution in [0.15, 0.2) is 11.6 Å². The zero-order valence-corrected chi connectivity index (χ0v) is 22.9. The Labute approximate surface area is 208 Å². The standard InChI is InChI=1S/C28H48NO4P/c1-29(2,3)16-12-14-18-33-34(30,31)32-17-13-10-8-6-4-5-7-9-11-15-28-26-20-24-19-25(22-26)23-27(28)21-24/h15,24-27H,4-11,13,16-23H2,1-3H3/p+1. The number of unbranched alkanes of at least 4 members (excludes halogenated alkanes) is 8. The zero-order valence-electron chi connectivity index (χ0n) is 22.0. The molecular weight excluding hydrogens is 445 g/mol. The lowest BCUT2D eigenvalue weighted by Crippen LogP contribution is -2.40. The highest BCUT2D eigenvalue weighted by Crippen LogP contribution is 2.56. The molecule has 1 N–H and O–H groups in total. The zero-order chi connectivity index (χ0) is 24.4. The van der Waals surface area contributed by atoms with E-state index in [4.69, 9.17) is 9.05 Å². The van der Waals surface area contributed by atoms with Gasteiger partial charge in [-0.3, -0.25) is 9.05 Å². The van der Waals surface area contributed by atoms with Gasteiger partial charge in [-0.15, -0.1) is 0 Å². The molecule has 0 aliphatic heterocycles. The molecule has 5 nitrogen and oxygen atoms in total. The quantitative estimate of drug-likeness (QED) is 0.0902. The van der Waals surface area contributed by atoms with Crippen LogP contribution in [0, 0.1) is 35.5 Å². The van der Waals surface area contributed by atoms with Crippen molar-refractivity contribution in [3.8, 4) is 11.8 Å². The fourth-order valence-electron chi connectivity index (χ4n) is 6.31. The summed E-state index contributed by atoms with van der Waals surface area (Å²) >= 11 is 0. The molecule has 0 radical (unpaired) electrons. The van der Waals surface area contributed by atoms with Crippen molar-refractivity contribution in [3.63, 3.8) is 0 Å². The summed E-state index contributed by atoms with van der Waals surface area (Å²) in [4.78, 5) is 9.70. The third kappa shape index (κ3) is 10.2. The maximum atomic E-state index is 11.8. The Morgan fingerprint density at radius 1 is 0.853 bits per heavy atom. The van der Waals surface area contributed by atoms with E-state index in [2.05, 4.69) is 17.9 Å². The molecule has 0 aromatic carbocycles. The highest BCUT2D eigenvalue weighted by atomic mass is 31.2. The van der Waals surface area contributed by atoms with E-state index in [0.717, 1.165) is 47.4 Å². The van der Waals surface area contributed by atoms with Crippen molar-refractivity contribution in [1.82, 2.24) is 0 Å². The molecule has 34 heavy (non-hydrogen) atoms. The van der Waals surface area contributed by atoms with Crippen LogP contribution < -0.4 is 0 Å². The number of hydrogen-bond acceptors (Lipinski definition) is 3. The Balaban J connectivity index is 1.11. The van der Waals surface area contributed by atoms with E-state index in [0.29, 0.717) is 6.54 Å². The first-order chi connectivity index (χ1) is 16.2. The van der Waals surface area contributed by atoms with Crippen molar-refractivity contribution in [2.45, 2.75) is 89.9 Å². The van der Waals surface area contributed by atoms with Gasteiger partial charge in [0, 0.05) is 0 Å². The third-order valence-electron chi connectivity index (χ3n) is 7.79. The molecule has 4 saturated carbocycles. The van der Waals surface area contributed by atoms with Crippen LogP contribution in [0.5, 0.6) is 0 Å². The summed E-state index contributed by atoms with van der Waals surface area (Å²) in [5, 5.41) is 0. The Morgan fingerprint density at radius 3 is 2.00 bits per heavy atom. The average Bonchev–Trinajstić information content (AvgIpc) is 2.74. The van der Waals surface area contributed by atoms with Crippen LogP contribution in [0.4, 0.5) is 0 Å². The molecule has 4 aliphatic carbocycles. The average molecular weight is 495 g/mol. The van der Waals surface area contributed by atoms with E-state index in [9.17, 15) is 9.46 Å². The van der Waals surface area contributed by atoms with Crippen molar-refractivity contribution in [3.05, 3.63) is 11.6 Å². The van der Waals surface area contributed by atoms with E-state index in [1.165, 1.54) is 70.6 Å². The number of rotatable bonds is 15. The Morgan fingerprint density at radius 2 is 1.41 bits per heavy atom. The first-order valence-electron chi connectivity index (χ1n) is 13.8. The molecule has 0 heterocycles. The first-order valence-corrected chi connectivity index (χ1v) is 15.3. The highest BCUT2D eigenvalue weighted by molar-refractivity contribution is 7.47. The van der Waals surface area contributed by atoms with Gasteiger partial charge in [0.1, 0.15) is 13.2 Å². The number of allylic oxidation sites excluding steroid dienone is 2. The molecule has 1 atom stereocenters. The number of phosphoric ester groups is 1. The number of nitrogens with zero attached hydrogens (tertiary/aromatic N) is 1. The van der Waals surface area contributed by atoms with Crippen molar-refractivity contribution < 1.29 is 23.0 Å². The lowest BCUT2D eigenvalue weighted by molar-refractivity contribution is -0.862. The minimum Gasteiger partial charge on any atom is -0.321 e. The van der Waals surface area contributed by atoms with Gasteiger partial charge in [-0.2, -0.15) is 0 Å². The normalized spacial score (nSPS) is 27.4.